The van der Waals surface area contributed by atoms with Crippen LogP contribution >= 0.6 is 23.1 Å². The zero-order valence-corrected chi connectivity index (χ0v) is 17.4. The van der Waals surface area contributed by atoms with Crippen molar-refractivity contribution in [2.45, 2.75) is 37.6 Å². The van der Waals surface area contributed by atoms with Crippen molar-refractivity contribution in [3.63, 3.8) is 0 Å². The number of carbonyl (C=O) groups excluding carboxylic acids is 2. The van der Waals surface area contributed by atoms with Crippen molar-refractivity contribution in [2.24, 2.45) is 0 Å². The highest BCUT2D eigenvalue weighted by atomic mass is 32.2. The van der Waals surface area contributed by atoms with E-state index in [1.54, 1.807) is 11.3 Å². The lowest BCUT2D eigenvalue weighted by atomic mass is 9.97. The van der Waals surface area contributed by atoms with E-state index in [-0.39, 0.29) is 17.2 Å². The van der Waals surface area contributed by atoms with Crippen LogP contribution in [0.15, 0.2) is 29.3 Å². The van der Waals surface area contributed by atoms with Gasteiger partial charge in [0.1, 0.15) is 21.5 Å². The highest BCUT2D eigenvalue weighted by Gasteiger charge is 2.21. The quantitative estimate of drug-likeness (QED) is 0.376. The van der Waals surface area contributed by atoms with Gasteiger partial charge in [-0.15, -0.1) is 11.3 Å². The molecule has 0 unspecified atom stereocenters. The standard InChI is InChI=1S/C20H19FN4O2S2/c1-11-22-19(17-14-4-2-3-5-15(14)29-20(17)23-11)28-10-16(26)24-25-18(27)12-6-8-13(21)9-7-12/h6-9H,2-5,10H2,1H3,(H,24,26)(H,25,27). The van der Waals surface area contributed by atoms with Crippen LogP contribution in [0.3, 0.4) is 0 Å². The van der Waals surface area contributed by atoms with Gasteiger partial charge in [0.2, 0.25) is 5.91 Å². The van der Waals surface area contributed by atoms with Crippen molar-refractivity contribution in [1.82, 2.24) is 20.8 Å². The van der Waals surface area contributed by atoms with E-state index in [1.165, 1.54) is 52.9 Å². The molecule has 1 aliphatic rings. The lowest BCUT2D eigenvalue weighted by molar-refractivity contribution is -0.119. The summed E-state index contributed by atoms with van der Waals surface area (Å²) < 4.78 is 12.9. The Hall–Kier alpha value is -2.52. The number of hydrogen-bond donors (Lipinski definition) is 2. The molecule has 0 atom stereocenters. The van der Waals surface area contributed by atoms with E-state index in [9.17, 15) is 14.0 Å². The Kier molecular flexibility index (Phi) is 5.77. The third kappa shape index (κ3) is 4.40. The summed E-state index contributed by atoms with van der Waals surface area (Å²) in [4.78, 5) is 35.7. The summed E-state index contributed by atoms with van der Waals surface area (Å²) in [5.41, 5.74) is 6.32. The van der Waals surface area contributed by atoms with Crippen molar-refractivity contribution in [1.29, 1.82) is 0 Å². The highest BCUT2D eigenvalue weighted by Crippen LogP contribution is 2.39. The maximum Gasteiger partial charge on any atom is 0.269 e. The van der Waals surface area contributed by atoms with Crippen LogP contribution in [0.5, 0.6) is 0 Å². The van der Waals surface area contributed by atoms with Gasteiger partial charge in [0, 0.05) is 15.8 Å². The van der Waals surface area contributed by atoms with E-state index < -0.39 is 11.7 Å². The monoisotopic (exact) mass is 430 g/mol. The molecular formula is C20H19FN4O2S2. The summed E-state index contributed by atoms with van der Waals surface area (Å²) in [6, 6.07) is 5.09. The van der Waals surface area contributed by atoms with E-state index in [0.29, 0.717) is 5.82 Å². The van der Waals surface area contributed by atoms with Crippen molar-refractivity contribution < 1.29 is 14.0 Å². The Morgan fingerprint density at radius 3 is 2.69 bits per heavy atom. The summed E-state index contributed by atoms with van der Waals surface area (Å²) in [7, 11) is 0. The second-order valence-electron chi connectivity index (χ2n) is 6.76. The zero-order chi connectivity index (χ0) is 20.4. The molecule has 9 heteroatoms. The van der Waals surface area contributed by atoms with E-state index in [2.05, 4.69) is 20.8 Å². The number of aryl methyl sites for hydroxylation is 3. The van der Waals surface area contributed by atoms with Crippen LogP contribution in [0.2, 0.25) is 0 Å². The minimum Gasteiger partial charge on any atom is -0.272 e. The van der Waals surface area contributed by atoms with Crippen LogP contribution in [0.25, 0.3) is 10.2 Å². The molecule has 6 nitrogen and oxygen atoms in total. The van der Waals surface area contributed by atoms with Gasteiger partial charge in [-0.2, -0.15) is 0 Å². The van der Waals surface area contributed by atoms with Gasteiger partial charge >= 0.3 is 0 Å². The van der Waals surface area contributed by atoms with Crippen LogP contribution in [0, 0.1) is 12.7 Å². The number of nitrogens with one attached hydrogen (secondary N) is 2. The summed E-state index contributed by atoms with van der Waals surface area (Å²) in [5, 5.41) is 1.88. The summed E-state index contributed by atoms with van der Waals surface area (Å²) in [5.74, 6) is -0.484. The van der Waals surface area contributed by atoms with Crippen LogP contribution in [-0.2, 0) is 17.6 Å². The third-order valence-corrected chi connectivity index (χ3v) is 6.82. The molecule has 29 heavy (non-hydrogen) atoms. The number of nitrogens with zero attached hydrogens (tertiary/aromatic N) is 2. The Labute approximate surface area is 175 Å². The third-order valence-electron chi connectivity index (χ3n) is 4.66. The molecule has 0 fully saturated rings. The summed E-state index contributed by atoms with van der Waals surface area (Å²) >= 11 is 3.07. The molecule has 3 aromatic rings. The lowest BCUT2D eigenvalue weighted by Gasteiger charge is -2.12. The fraction of sp³-hybridized carbons (Fsp3) is 0.300. The molecule has 2 heterocycles. The second-order valence-corrected chi connectivity index (χ2v) is 8.81. The number of thiophene rings is 1. The molecule has 2 amide bonds. The van der Waals surface area contributed by atoms with Gasteiger partial charge in [0.05, 0.1) is 5.75 Å². The maximum atomic E-state index is 12.9. The molecule has 0 aliphatic heterocycles. The summed E-state index contributed by atoms with van der Waals surface area (Å²) in [6.07, 6.45) is 4.46. The van der Waals surface area contributed by atoms with Gasteiger partial charge in [-0.05, 0) is 62.4 Å². The SMILES string of the molecule is Cc1nc(SCC(=O)NNC(=O)c2ccc(F)cc2)c2c3c(sc2n1)CCCC3. The molecule has 0 radical (unpaired) electrons. The topological polar surface area (TPSA) is 84.0 Å². The Balaban J connectivity index is 1.41. The van der Waals surface area contributed by atoms with Crippen molar-refractivity contribution >= 4 is 45.1 Å². The number of benzene rings is 1. The van der Waals surface area contributed by atoms with Crippen molar-refractivity contribution in [3.05, 3.63) is 51.9 Å². The minimum absolute atomic E-state index is 0.111. The maximum absolute atomic E-state index is 12.9. The fourth-order valence-electron chi connectivity index (χ4n) is 3.30. The summed E-state index contributed by atoms with van der Waals surface area (Å²) in [6.45, 7) is 1.85. The van der Waals surface area contributed by atoms with E-state index >= 15 is 0 Å². The number of aromatic nitrogens is 2. The van der Waals surface area contributed by atoms with Gasteiger partial charge in [0.25, 0.3) is 5.91 Å². The molecule has 0 spiro atoms. The molecule has 4 rings (SSSR count). The first-order chi connectivity index (χ1) is 14.0. The highest BCUT2D eigenvalue weighted by molar-refractivity contribution is 8.00. The molecular weight excluding hydrogens is 411 g/mol. The van der Waals surface area contributed by atoms with Gasteiger partial charge in [-0.25, -0.2) is 14.4 Å². The molecule has 2 aromatic heterocycles. The number of amides is 2. The fourth-order valence-corrected chi connectivity index (χ4v) is 5.57. The van der Waals surface area contributed by atoms with Crippen molar-refractivity contribution in [3.8, 4) is 0 Å². The average Bonchev–Trinajstić information content (AvgIpc) is 3.08. The normalized spacial score (nSPS) is 13.2. The van der Waals surface area contributed by atoms with E-state index in [0.717, 1.165) is 34.5 Å². The molecule has 2 N–H and O–H groups in total. The van der Waals surface area contributed by atoms with Crippen LogP contribution < -0.4 is 10.9 Å². The number of hydrazine groups is 1. The van der Waals surface area contributed by atoms with Gasteiger partial charge in [-0.1, -0.05) is 11.8 Å². The van der Waals surface area contributed by atoms with Crippen LogP contribution in [0.4, 0.5) is 4.39 Å². The van der Waals surface area contributed by atoms with Crippen molar-refractivity contribution in [2.75, 3.05) is 5.75 Å². The molecule has 1 aliphatic carbocycles. The smallest absolute Gasteiger partial charge is 0.269 e. The average molecular weight is 431 g/mol. The zero-order valence-electron chi connectivity index (χ0n) is 15.8. The van der Waals surface area contributed by atoms with E-state index in [1.807, 2.05) is 6.92 Å². The number of rotatable bonds is 4. The second kappa shape index (κ2) is 8.46. The molecule has 150 valence electrons. The minimum atomic E-state index is -0.504. The Morgan fingerprint density at radius 1 is 1.14 bits per heavy atom. The van der Waals surface area contributed by atoms with Crippen LogP contribution in [0.1, 0.15) is 39.5 Å². The van der Waals surface area contributed by atoms with Gasteiger partial charge in [-0.3, -0.25) is 20.4 Å². The first-order valence-corrected chi connectivity index (χ1v) is 11.1. The number of hydrogen-bond acceptors (Lipinski definition) is 6. The van der Waals surface area contributed by atoms with Gasteiger partial charge < -0.3 is 0 Å². The Morgan fingerprint density at radius 2 is 1.90 bits per heavy atom. The Bertz CT molecular complexity index is 1080. The molecule has 0 saturated heterocycles. The predicted octanol–water partition coefficient (Wildman–Crippen LogP) is 3.57. The van der Waals surface area contributed by atoms with Gasteiger partial charge in [0.15, 0.2) is 0 Å². The molecule has 0 bridgehead atoms. The lowest BCUT2D eigenvalue weighted by Crippen LogP contribution is -2.42. The first kappa shape index (κ1) is 19.8. The largest absolute Gasteiger partial charge is 0.272 e. The molecule has 1 aromatic carbocycles. The number of halogens is 1. The first-order valence-electron chi connectivity index (χ1n) is 9.27. The van der Waals surface area contributed by atoms with E-state index in [4.69, 9.17) is 0 Å². The predicted molar refractivity (Wildman–Crippen MR) is 112 cm³/mol. The number of carbonyl (C=O) groups is 2. The van der Waals surface area contributed by atoms with Crippen LogP contribution in [-0.4, -0.2) is 27.5 Å². The number of fused-ring (bicyclic) bond motifs is 3. The number of thioether (sulfide) groups is 1. The molecule has 0 saturated carbocycles.